The molecule has 1 atom stereocenters. The lowest BCUT2D eigenvalue weighted by molar-refractivity contribution is 0.0331. The second-order valence-corrected chi connectivity index (χ2v) is 9.87. The molecule has 5 rings (SSSR count). The number of hydrogen-bond donors (Lipinski definition) is 1. The first-order valence-electron chi connectivity index (χ1n) is 11.4. The van der Waals surface area contributed by atoms with E-state index in [0.717, 1.165) is 96.2 Å². The molecule has 0 saturated carbocycles. The molecule has 0 aromatic carbocycles. The Morgan fingerprint density at radius 2 is 1.77 bits per heavy atom. The van der Waals surface area contributed by atoms with Crippen molar-refractivity contribution in [1.82, 2.24) is 19.8 Å². The Balaban J connectivity index is 1.39. The first-order chi connectivity index (χ1) is 14.8. The number of aryl methyl sites for hydroxylation is 1. The van der Waals surface area contributed by atoms with Crippen LogP contribution in [0.25, 0.3) is 10.2 Å². The summed E-state index contributed by atoms with van der Waals surface area (Å²) in [5, 5.41) is 4.98. The average Bonchev–Trinajstić information content (AvgIpc) is 3.12. The van der Waals surface area contributed by atoms with E-state index in [0.29, 0.717) is 0 Å². The Morgan fingerprint density at radius 3 is 2.53 bits per heavy atom. The summed E-state index contributed by atoms with van der Waals surface area (Å²) < 4.78 is 11.0. The Kier molecular flexibility index (Phi) is 6.48. The average molecular weight is 432 g/mol. The lowest BCUT2D eigenvalue weighted by atomic mass is 9.89. The van der Waals surface area contributed by atoms with E-state index in [1.54, 1.807) is 0 Å². The summed E-state index contributed by atoms with van der Waals surface area (Å²) in [5.41, 5.74) is 1.50. The van der Waals surface area contributed by atoms with Crippen LogP contribution in [-0.2, 0) is 28.9 Å². The third-order valence-electron chi connectivity index (χ3n) is 6.49. The van der Waals surface area contributed by atoms with Crippen molar-refractivity contribution in [2.24, 2.45) is 5.92 Å². The van der Waals surface area contributed by atoms with Crippen molar-refractivity contribution in [2.75, 3.05) is 71.0 Å². The molecule has 2 saturated heterocycles. The van der Waals surface area contributed by atoms with E-state index in [1.807, 2.05) is 11.3 Å². The Bertz CT molecular complexity index is 861. The van der Waals surface area contributed by atoms with Gasteiger partial charge in [-0.15, -0.1) is 11.3 Å². The molecule has 2 aliphatic heterocycles. The van der Waals surface area contributed by atoms with Gasteiger partial charge in [-0.1, -0.05) is 6.92 Å². The zero-order chi connectivity index (χ0) is 20.3. The second-order valence-electron chi connectivity index (χ2n) is 8.79. The van der Waals surface area contributed by atoms with Crippen LogP contribution in [0.5, 0.6) is 0 Å². The zero-order valence-electron chi connectivity index (χ0n) is 18.0. The van der Waals surface area contributed by atoms with E-state index in [4.69, 9.17) is 19.4 Å². The lowest BCUT2D eigenvalue weighted by Gasteiger charge is -2.27. The van der Waals surface area contributed by atoms with E-state index < -0.39 is 0 Å². The number of nitrogens with one attached hydrogen (secondary N) is 1. The summed E-state index contributed by atoms with van der Waals surface area (Å²) in [6.45, 7) is 12.4. The number of anilines is 1. The van der Waals surface area contributed by atoms with Crippen molar-refractivity contribution in [3.63, 3.8) is 0 Å². The van der Waals surface area contributed by atoms with Crippen LogP contribution < -0.4 is 5.32 Å². The van der Waals surface area contributed by atoms with Gasteiger partial charge in [0.05, 0.1) is 38.4 Å². The highest BCUT2D eigenvalue weighted by Crippen LogP contribution is 2.40. The Labute approximate surface area is 182 Å². The van der Waals surface area contributed by atoms with Gasteiger partial charge in [0.1, 0.15) is 16.5 Å². The van der Waals surface area contributed by atoms with Crippen molar-refractivity contribution in [3.8, 4) is 0 Å². The Hall–Kier alpha value is -1.32. The number of nitrogens with zero attached hydrogens (tertiary/aromatic N) is 4. The van der Waals surface area contributed by atoms with Gasteiger partial charge in [-0.25, -0.2) is 9.97 Å². The largest absolute Gasteiger partial charge is 0.379 e. The number of aromatic nitrogens is 2. The molecule has 30 heavy (non-hydrogen) atoms. The third kappa shape index (κ3) is 4.62. The normalized spacial score (nSPS) is 23.6. The van der Waals surface area contributed by atoms with Crippen LogP contribution >= 0.6 is 11.3 Å². The summed E-state index contributed by atoms with van der Waals surface area (Å²) in [6, 6.07) is 0. The van der Waals surface area contributed by atoms with Crippen LogP contribution in [0.15, 0.2) is 0 Å². The fourth-order valence-electron chi connectivity index (χ4n) is 4.70. The molecular formula is C22H33N5O2S. The van der Waals surface area contributed by atoms with Crippen LogP contribution in [-0.4, -0.2) is 85.5 Å². The van der Waals surface area contributed by atoms with Crippen molar-refractivity contribution in [3.05, 3.63) is 16.3 Å². The quantitative estimate of drug-likeness (QED) is 0.753. The maximum absolute atomic E-state index is 5.50. The van der Waals surface area contributed by atoms with Gasteiger partial charge in [0.2, 0.25) is 0 Å². The first kappa shape index (κ1) is 20.6. The summed E-state index contributed by atoms with van der Waals surface area (Å²) >= 11 is 1.89. The minimum Gasteiger partial charge on any atom is -0.379 e. The molecule has 0 bridgehead atoms. The van der Waals surface area contributed by atoms with Crippen LogP contribution in [0, 0.1) is 5.92 Å². The zero-order valence-corrected chi connectivity index (χ0v) is 18.8. The van der Waals surface area contributed by atoms with Gasteiger partial charge >= 0.3 is 0 Å². The van der Waals surface area contributed by atoms with Gasteiger partial charge in [0, 0.05) is 44.1 Å². The first-order valence-corrected chi connectivity index (χ1v) is 12.2. The molecule has 0 unspecified atom stereocenters. The topological polar surface area (TPSA) is 62.8 Å². The second kappa shape index (κ2) is 9.44. The van der Waals surface area contributed by atoms with Crippen molar-refractivity contribution < 1.29 is 9.47 Å². The summed E-state index contributed by atoms with van der Waals surface area (Å²) in [4.78, 5) is 17.6. The van der Waals surface area contributed by atoms with E-state index in [-0.39, 0.29) is 0 Å². The van der Waals surface area contributed by atoms with Crippen LogP contribution in [0.4, 0.5) is 5.82 Å². The van der Waals surface area contributed by atoms with Gasteiger partial charge in [0.25, 0.3) is 0 Å². The van der Waals surface area contributed by atoms with Crippen molar-refractivity contribution in [2.45, 2.75) is 32.7 Å². The number of fused-ring (bicyclic) bond motifs is 3. The van der Waals surface area contributed by atoms with E-state index in [9.17, 15) is 0 Å². The standard InChI is InChI=1S/C22H33N5O2S/c1-16-2-3-17-18(14-16)30-22-20(17)21(23-4-5-26-6-10-28-11-7-26)24-19(25-22)15-27-8-12-29-13-9-27/h16H,2-15H2,1H3,(H,23,24,25)/t16-/m0/s1. The molecule has 2 aromatic heterocycles. The minimum atomic E-state index is 0.768. The van der Waals surface area contributed by atoms with E-state index in [1.165, 1.54) is 33.5 Å². The van der Waals surface area contributed by atoms with Gasteiger partial charge in [-0.05, 0) is 30.7 Å². The number of rotatable bonds is 6. The van der Waals surface area contributed by atoms with E-state index >= 15 is 0 Å². The monoisotopic (exact) mass is 431 g/mol. The van der Waals surface area contributed by atoms with Crippen LogP contribution in [0.1, 0.15) is 29.6 Å². The summed E-state index contributed by atoms with van der Waals surface area (Å²) in [6.07, 6.45) is 3.60. The molecule has 1 aliphatic carbocycles. The van der Waals surface area contributed by atoms with E-state index in [2.05, 4.69) is 22.0 Å². The minimum absolute atomic E-state index is 0.768. The van der Waals surface area contributed by atoms with Crippen molar-refractivity contribution in [1.29, 1.82) is 0 Å². The molecule has 4 heterocycles. The molecular weight excluding hydrogens is 398 g/mol. The molecule has 0 amide bonds. The molecule has 7 nitrogen and oxygen atoms in total. The molecule has 164 valence electrons. The summed E-state index contributed by atoms with van der Waals surface area (Å²) in [5.74, 6) is 2.75. The van der Waals surface area contributed by atoms with Crippen LogP contribution in [0.3, 0.4) is 0 Å². The van der Waals surface area contributed by atoms with Crippen molar-refractivity contribution >= 4 is 27.4 Å². The molecule has 3 aliphatic rings. The maximum Gasteiger partial charge on any atom is 0.146 e. The summed E-state index contributed by atoms with van der Waals surface area (Å²) in [7, 11) is 0. The lowest BCUT2D eigenvalue weighted by Crippen LogP contribution is -2.39. The molecule has 0 radical (unpaired) electrons. The Morgan fingerprint density at radius 1 is 1.03 bits per heavy atom. The smallest absolute Gasteiger partial charge is 0.146 e. The fraction of sp³-hybridized carbons (Fsp3) is 0.727. The molecule has 0 spiro atoms. The number of ether oxygens (including phenoxy) is 2. The molecule has 2 fully saturated rings. The number of morpholine rings is 2. The van der Waals surface area contributed by atoms with Gasteiger partial charge in [0.15, 0.2) is 0 Å². The fourth-order valence-corrected chi connectivity index (χ4v) is 6.10. The highest BCUT2D eigenvalue weighted by atomic mass is 32.1. The maximum atomic E-state index is 5.50. The predicted octanol–water partition coefficient (Wildman–Crippen LogP) is 2.39. The predicted molar refractivity (Wildman–Crippen MR) is 120 cm³/mol. The highest BCUT2D eigenvalue weighted by Gasteiger charge is 2.24. The number of hydrogen-bond acceptors (Lipinski definition) is 8. The molecule has 1 N–H and O–H groups in total. The number of thiophene rings is 1. The molecule has 2 aromatic rings. The van der Waals surface area contributed by atoms with Gasteiger partial charge in [-0.2, -0.15) is 0 Å². The van der Waals surface area contributed by atoms with Gasteiger partial charge < -0.3 is 14.8 Å². The van der Waals surface area contributed by atoms with Gasteiger partial charge in [-0.3, -0.25) is 9.80 Å². The SMILES string of the molecule is C[C@H]1CCc2c(sc3nc(CN4CCOCC4)nc(NCCN4CCOCC4)c23)C1. The molecule has 8 heteroatoms. The third-order valence-corrected chi connectivity index (χ3v) is 7.64. The van der Waals surface area contributed by atoms with Crippen LogP contribution in [0.2, 0.25) is 0 Å². The highest BCUT2D eigenvalue weighted by molar-refractivity contribution is 7.19.